The van der Waals surface area contributed by atoms with Gasteiger partial charge in [0.2, 0.25) is 0 Å². The van der Waals surface area contributed by atoms with E-state index in [-0.39, 0.29) is 0 Å². The molecule has 14 heavy (non-hydrogen) atoms. The number of guanidine groups is 1. The molecule has 1 aliphatic carbocycles. The zero-order chi connectivity index (χ0) is 9.80. The van der Waals surface area contributed by atoms with Crippen LogP contribution >= 0.6 is 0 Å². The molecule has 0 aromatic carbocycles. The monoisotopic (exact) mass is 193 g/mol. The van der Waals surface area contributed by atoms with Crippen LogP contribution in [0.5, 0.6) is 0 Å². The summed E-state index contributed by atoms with van der Waals surface area (Å²) in [5.41, 5.74) is 5.66. The van der Waals surface area contributed by atoms with Gasteiger partial charge in [-0.15, -0.1) is 0 Å². The van der Waals surface area contributed by atoms with Crippen molar-refractivity contribution < 1.29 is 0 Å². The van der Waals surface area contributed by atoms with Gasteiger partial charge in [-0.25, -0.2) is 4.98 Å². The van der Waals surface area contributed by atoms with Crippen molar-refractivity contribution in [3.8, 4) is 0 Å². The van der Waals surface area contributed by atoms with Crippen molar-refractivity contribution >= 4 is 5.96 Å². The van der Waals surface area contributed by atoms with Crippen LogP contribution in [-0.2, 0) is 6.42 Å². The van der Waals surface area contributed by atoms with Gasteiger partial charge in [-0.2, -0.15) is 0 Å². The minimum absolute atomic E-state index is 0.555. The average molecular weight is 193 g/mol. The minimum atomic E-state index is 0.555. The Hall–Kier alpha value is -1.52. The van der Waals surface area contributed by atoms with E-state index in [0.717, 1.165) is 12.2 Å². The summed E-state index contributed by atoms with van der Waals surface area (Å²) in [6.07, 6.45) is 6.79. The summed E-state index contributed by atoms with van der Waals surface area (Å²) in [5, 5.41) is 3.13. The SMILES string of the molecule is NC(=NCCc1ncc[nH]1)NC1CC1. The third kappa shape index (κ3) is 2.76. The molecule has 0 spiro atoms. The number of H-pyrrole nitrogens is 1. The van der Waals surface area contributed by atoms with Crippen LogP contribution in [0.2, 0.25) is 0 Å². The highest BCUT2D eigenvalue weighted by atomic mass is 15.1. The van der Waals surface area contributed by atoms with Gasteiger partial charge in [0.15, 0.2) is 5.96 Å². The van der Waals surface area contributed by atoms with Crippen LogP contribution in [0.15, 0.2) is 17.4 Å². The largest absolute Gasteiger partial charge is 0.370 e. The van der Waals surface area contributed by atoms with Crippen LogP contribution < -0.4 is 11.1 Å². The zero-order valence-electron chi connectivity index (χ0n) is 8.03. The number of imidazole rings is 1. The summed E-state index contributed by atoms with van der Waals surface area (Å²) < 4.78 is 0. The standard InChI is InChI=1S/C9H15N5/c10-9(14-7-1-2-7)13-4-3-8-11-5-6-12-8/h5-7H,1-4H2,(H,11,12)(H3,10,13,14). The molecule has 0 saturated heterocycles. The maximum atomic E-state index is 5.66. The van der Waals surface area contributed by atoms with Crippen LogP contribution in [0, 0.1) is 0 Å². The van der Waals surface area contributed by atoms with Gasteiger partial charge in [0.1, 0.15) is 5.82 Å². The molecule has 1 aromatic heterocycles. The van der Waals surface area contributed by atoms with E-state index in [0.29, 0.717) is 18.5 Å². The average Bonchev–Trinajstić information content (AvgIpc) is 2.82. The van der Waals surface area contributed by atoms with Crippen LogP contribution in [0.4, 0.5) is 0 Å². The van der Waals surface area contributed by atoms with Gasteiger partial charge in [0.25, 0.3) is 0 Å². The predicted molar refractivity (Wildman–Crippen MR) is 54.9 cm³/mol. The van der Waals surface area contributed by atoms with Crippen molar-refractivity contribution in [2.45, 2.75) is 25.3 Å². The fraction of sp³-hybridized carbons (Fsp3) is 0.556. The fourth-order valence-corrected chi connectivity index (χ4v) is 1.20. The minimum Gasteiger partial charge on any atom is -0.370 e. The molecule has 1 saturated carbocycles. The van der Waals surface area contributed by atoms with Gasteiger partial charge in [0, 0.05) is 31.4 Å². The van der Waals surface area contributed by atoms with Gasteiger partial charge >= 0.3 is 0 Å². The lowest BCUT2D eigenvalue weighted by atomic mass is 10.4. The summed E-state index contributed by atoms with van der Waals surface area (Å²) in [5.74, 6) is 1.51. The third-order valence-electron chi connectivity index (χ3n) is 2.11. The third-order valence-corrected chi connectivity index (χ3v) is 2.11. The maximum absolute atomic E-state index is 5.66. The highest BCUT2D eigenvalue weighted by molar-refractivity contribution is 5.78. The highest BCUT2D eigenvalue weighted by Crippen LogP contribution is 2.17. The number of nitrogens with two attached hydrogens (primary N) is 1. The van der Waals surface area contributed by atoms with Crippen molar-refractivity contribution in [1.29, 1.82) is 0 Å². The number of nitrogens with one attached hydrogen (secondary N) is 2. The number of aliphatic imine (C=N–C) groups is 1. The van der Waals surface area contributed by atoms with Crippen molar-refractivity contribution in [2.24, 2.45) is 10.7 Å². The quantitative estimate of drug-likeness (QED) is 0.466. The lowest BCUT2D eigenvalue weighted by Crippen LogP contribution is -2.33. The second kappa shape index (κ2) is 4.13. The predicted octanol–water partition coefficient (Wildman–Crippen LogP) is 0.0189. The number of rotatable bonds is 4. The van der Waals surface area contributed by atoms with E-state index in [4.69, 9.17) is 5.73 Å². The van der Waals surface area contributed by atoms with Gasteiger partial charge in [-0.3, -0.25) is 4.99 Å². The second-order valence-electron chi connectivity index (χ2n) is 3.47. The lowest BCUT2D eigenvalue weighted by molar-refractivity contribution is 0.851. The number of hydrogen-bond donors (Lipinski definition) is 3. The molecule has 0 atom stereocenters. The molecule has 0 unspecified atom stereocenters. The van der Waals surface area contributed by atoms with Crippen LogP contribution in [-0.4, -0.2) is 28.5 Å². The first kappa shape index (κ1) is 9.05. The van der Waals surface area contributed by atoms with Gasteiger partial charge in [0.05, 0.1) is 0 Å². The Balaban J connectivity index is 1.69. The van der Waals surface area contributed by atoms with Crippen LogP contribution in [0.1, 0.15) is 18.7 Å². The summed E-state index contributed by atoms with van der Waals surface area (Å²) in [7, 11) is 0. The number of aromatic amines is 1. The van der Waals surface area contributed by atoms with Gasteiger partial charge < -0.3 is 16.0 Å². The maximum Gasteiger partial charge on any atom is 0.188 e. The Morgan fingerprint density at radius 1 is 1.71 bits per heavy atom. The Morgan fingerprint density at radius 3 is 3.21 bits per heavy atom. The molecule has 0 aliphatic heterocycles. The Kier molecular flexibility index (Phi) is 2.67. The van der Waals surface area contributed by atoms with E-state index < -0.39 is 0 Å². The number of nitrogens with zero attached hydrogens (tertiary/aromatic N) is 2. The molecule has 4 N–H and O–H groups in total. The van der Waals surface area contributed by atoms with Gasteiger partial charge in [-0.05, 0) is 12.8 Å². The Morgan fingerprint density at radius 2 is 2.57 bits per heavy atom. The van der Waals surface area contributed by atoms with E-state index in [1.807, 2.05) is 6.20 Å². The molecular formula is C9H15N5. The molecule has 0 bridgehead atoms. The summed E-state index contributed by atoms with van der Waals surface area (Å²) in [6, 6.07) is 0.572. The van der Waals surface area contributed by atoms with Gasteiger partial charge in [-0.1, -0.05) is 0 Å². The number of hydrogen-bond acceptors (Lipinski definition) is 2. The first-order valence-electron chi connectivity index (χ1n) is 4.89. The molecule has 76 valence electrons. The highest BCUT2D eigenvalue weighted by Gasteiger charge is 2.21. The normalized spacial score (nSPS) is 17.0. The Bertz CT molecular complexity index is 299. The second-order valence-corrected chi connectivity index (χ2v) is 3.47. The number of aromatic nitrogens is 2. The Labute approximate surface area is 82.8 Å². The van der Waals surface area contributed by atoms with Crippen molar-refractivity contribution in [3.63, 3.8) is 0 Å². The molecular weight excluding hydrogens is 178 g/mol. The molecule has 5 heteroatoms. The first-order chi connectivity index (χ1) is 6.84. The van der Waals surface area contributed by atoms with Crippen molar-refractivity contribution in [3.05, 3.63) is 18.2 Å². The fourth-order valence-electron chi connectivity index (χ4n) is 1.20. The topological polar surface area (TPSA) is 79.1 Å². The molecule has 0 radical (unpaired) electrons. The van der Waals surface area contributed by atoms with Crippen LogP contribution in [0.3, 0.4) is 0 Å². The van der Waals surface area contributed by atoms with Crippen LogP contribution in [0.25, 0.3) is 0 Å². The molecule has 1 aromatic rings. The van der Waals surface area contributed by atoms with Crippen molar-refractivity contribution in [2.75, 3.05) is 6.54 Å². The summed E-state index contributed by atoms with van der Waals surface area (Å²) in [4.78, 5) is 11.3. The van der Waals surface area contributed by atoms with E-state index in [1.54, 1.807) is 6.20 Å². The van der Waals surface area contributed by atoms with E-state index in [2.05, 4.69) is 20.3 Å². The zero-order valence-corrected chi connectivity index (χ0v) is 8.03. The molecule has 1 aliphatic rings. The lowest BCUT2D eigenvalue weighted by Gasteiger charge is -2.01. The molecule has 1 heterocycles. The molecule has 1 fully saturated rings. The van der Waals surface area contributed by atoms with E-state index in [1.165, 1.54) is 12.8 Å². The molecule has 0 amide bonds. The van der Waals surface area contributed by atoms with E-state index >= 15 is 0 Å². The smallest absolute Gasteiger partial charge is 0.188 e. The first-order valence-corrected chi connectivity index (χ1v) is 4.89. The molecule has 2 rings (SSSR count). The van der Waals surface area contributed by atoms with E-state index in [9.17, 15) is 0 Å². The molecule has 5 nitrogen and oxygen atoms in total. The van der Waals surface area contributed by atoms with Crippen molar-refractivity contribution in [1.82, 2.24) is 15.3 Å². The summed E-state index contributed by atoms with van der Waals surface area (Å²) >= 11 is 0. The summed E-state index contributed by atoms with van der Waals surface area (Å²) in [6.45, 7) is 0.680.